The summed E-state index contributed by atoms with van der Waals surface area (Å²) in [5.74, 6) is 0.429. The van der Waals surface area contributed by atoms with Gasteiger partial charge in [0, 0.05) is 37.9 Å². The van der Waals surface area contributed by atoms with Crippen LogP contribution in [0.3, 0.4) is 0 Å². The average molecular weight is 394 g/mol. The Kier molecular flexibility index (Phi) is 6.14. The first-order valence-electron chi connectivity index (χ1n) is 10.8. The second kappa shape index (κ2) is 8.95. The molecule has 29 heavy (non-hydrogen) atoms. The molecule has 1 aromatic carbocycles. The topological polar surface area (TPSA) is 54.5 Å². The number of aromatic nitrogens is 1. The van der Waals surface area contributed by atoms with Crippen molar-refractivity contribution in [2.75, 3.05) is 13.1 Å². The van der Waals surface area contributed by atoms with Crippen LogP contribution in [0.1, 0.15) is 60.2 Å². The van der Waals surface area contributed by atoms with Crippen LogP contribution >= 0.6 is 0 Å². The van der Waals surface area contributed by atoms with Gasteiger partial charge in [0.15, 0.2) is 0 Å². The van der Waals surface area contributed by atoms with Crippen molar-refractivity contribution in [3.05, 3.63) is 58.8 Å². The van der Waals surface area contributed by atoms with Crippen LogP contribution in [0.15, 0.2) is 36.5 Å². The Morgan fingerprint density at radius 1 is 1.17 bits per heavy atom. The highest BCUT2D eigenvalue weighted by Crippen LogP contribution is 2.27. The smallest absolute Gasteiger partial charge is 0.253 e. The van der Waals surface area contributed by atoms with E-state index < -0.39 is 0 Å². The van der Waals surface area contributed by atoms with Crippen molar-refractivity contribution in [2.24, 2.45) is 0 Å². The highest BCUT2D eigenvalue weighted by atomic mass is 16.5. The molecule has 1 aromatic heterocycles. The molecule has 2 heterocycles. The molecule has 0 saturated heterocycles. The van der Waals surface area contributed by atoms with Gasteiger partial charge in [-0.3, -0.25) is 9.69 Å². The van der Waals surface area contributed by atoms with Gasteiger partial charge in [-0.1, -0.05) is 24.6 Å². The Hall–Kier alpha value is -2.40. The number of carbonyl (C=O) groups excluding carboxylic acids is 1. The van der Waals surface area contributed by atoms with Crippen molar-refractivity contribution in [3.63, 3.8) is 0 Å². The molecular weight excluding hydrogens is 362 g/mol. The summed E-state index contributed by atoms with van der Waals surface area (Å²) in [6, 6.07) is 11.0. The summed E-state index contributed by atoms with van der Waals surface area (Å²) in [5.41, 5.74) is 4.61. The number of nitrogens with zero attached hydrogens (tertiary/aromatic N) is 2. The van der Waals surface area contributed by atoms with Crippen LogP contribution < -0.4 is 10.1 Å². The number of ether oxygens (including phenoxy) is 1. The summed E-state index contributed by atoms with van der Waals surface area (Å²) in [7, 11) is 0. The zero-order valence-corrected chi connectivity index (χ0v) is 17.5. The number of nitrogens with one attached hydrogen (secondary N) is 1. The molecule has 1 fully saturated rings. The van der Waals surface area contributed by atoms with E-state index in [0.717, 1.165) is 31.0 Å². The molecule has 4 rings (SSSR count). The fourth-order valence-corrected chi connectivity index (χ4v) is 4.13. The van der Waals surface area contributed by atoms with Gasteiger partial charge in [0.05, 0.1) is 11.7 Å². The minimum atomic E-state index is -0.111. The molecular formula is C24H31N3O2. The van der Waals surface area contributed by atoms with Gasteiger partial charge in [0.25, 0.3) is 5.91 Å². The van der Waals surface area contributed by atoms with Crippen molar-refractivity contribution in [1.82, 2.24) is 15.2 Å². The Morgan fingerprint density at radius 2 is 1.97 bits per heavy atom. The minimum absolute atomic E-state index is 0.0659. The third-order valence-corrected chi connectivity index (χ3v) is 6.01. The molecule has 5 nitrogen and oxygen atoms in total. The van der Waals surface area contributed by atoms with Crippen LogP contribution in [-0.4, -0.2) is 41.0 Å². The second-order valence-corrected chi connectivity index (χ2v) is 8.46. The highest BCUT2D eigenvalue weighted by molar-refractivity contribution is 5.93. The largest absolute Gasteiger partial charge is 0.475 e. The van der Waals surface area contributed by atoms with Crippen LogP contribution in [0.2, 0.25) is 0 Å². The number of rotatable bonds is 6. The molecule has 0 unspecified atom stereocenters. The van der Waals surface area contributed by atoms with Crippen LogP contribution in [-0.2, 0) is 19.4 Å². The SMILES string of the molecule is CC(C)Oc1ccc(C(=O)NCc2ccc3c(c2)CCN(C2CCC2)CC3)cn1. The summed E-state index contributed by atoms with van der Waals surface area (Å²) in [6.45, 7) is 6.77. The number of amides is 1. The fraction of sp³-hybridized carbons (Fsp3) is 0.500. The van der Waals surface area contributed by atoms with Gasteiger partial charge >= 0.3 is 0 Å². The van der Waals surface area contributed by atoms with Crippen molar-refractivity contribution in [1.29, 1.82) is 0 Å². The third-order valence-electron chi connectivity index (χ3n) is 6.01. The number of carbonyl (C=O) groups is 1. The van der Waals surface area contributed by atoms with Gasteiger partial charge in [-0.2, -0.15) is 0 Å². The molecule has 0 atom stereocenters. The summed E-state index contributed by atoms with van der Waals surface area (Å²) in [4.78, 5) is 19.3. The molecule has 2 aliphatic rings. The first-order valence-corrected chi connectivity index (χ1v) is 10.8. The molecule has 154 valence electrons. The molecule has 1 amide bonds. The number of fused-ring (bicyclic) bond motifs is 1. The third kappa shape index (κ3) is 4.96. The van der Waals surface area contributed by atoms with E-state index in [9.17, 15) is 4.79 Å². The van der Waals surface area contributed by atoms with E-state index >= 15 is 0 Å². The lowest BCUT2D eigenvalue weighted by Crippen LogP contribution is -2.41. The van der Waals surface area contributed by atoms with Gasteiger partial charge < -0.3 is 10.1 Å². The van der Waals surface area contributed by atoms with E-state index in [2.05, 4.69) is 33.4 Å². The van der Waals surface area contributed by atoms with Gasteiger partial charge in [-0.15, -0.1) is 0 Å². The molecule has 1 aliphatic heterocycles. The first kappa shape index (κ1) is 19.9. The standard InChI is InChI=1S/C24H31N3O2/c1-17(2)29-23-9-8-21(16-25-23)24(28)26-15-18-6-7-19-10-12-27(22-4-3-5-22)13-11-20(19)14-18/h6-9,14,16-17,22H,3-5,10-13,15H2,1-2H3,(H,26,28). The van der Waals surface area contributed by atoms with E-state index in [1.807, 2.05) is 13.8 Å². The van der Waals surface area contributed by atoms with Crippen LogP contribution in [0, 0.1) is 0 Å². The fourth-order valence-electron chi connectivity index (χ4n) is 4.13. The molecule has 0 radical (unpaired) electrons. The molecule has 1 N–H and O–H groups in total. The second-order valence-electron chi connectivity index (χ2n) is 8.46. The first-order chi connectivity index (χ1) is 14.1. The van der Waals surface area contributed by atoms with Crippen molar-refractivity contribution < 1.29 is 9.53 Å². The van der Waals surface area contributed by atoms with Crippen molar-refractivity contribution >= 4 is 5.91 Å². The number of hydrogen-bond donors (Lipinski definition) is 1. The molecule has 1 saturated carbocycles. The molecule has 0 bridgehead atoms. The quantitative estimate of drug-likeness (QED) is 0.812. The lowest BCUT2D eigenvalue weighted by molar-refractivity contribution is 0.0950. The highest BCUT2D eigenvalue weighted by Gasteiger charge is 2.26. The number of pyridine rings is 1. The maximum Gasteiger partial charge on any atom is 0.253 e. The van der Waals surface area contributed by atoms with E-state index in [0.29, 0.717) is 18.0 Å². The predicted octanol–water partition coefficient (Wildman–Crippen LogP) is 3.75. The maximum atomic E-state index is 12.5. The van der Waals surface area contributed by atoms with E-state index in [1.165, 1.54) is 36.9 Å². The van der Waals surface area contributed by atoms with Gasteiger partial charge in [0.1, 0.15) is 0 Å². The number of hydrogen-bond acceptors (Lipinski definition) is 4. The maximum absolute atomic E-state index is 12.5. The minimum Gasteiger partial charge on any atom is -0.475 e. The summed E-state index contributed by atoms with van der Waals surface area (Å²) >= 11 is 0. The molecule has 0 spiro atoms. The lowest BCUT2D eigenvalue weighted by Gasteiger charge is -2.36. The van der Waals surface area contributed by atoms with Crippen molar-refractivity contribution in [3.8, 4) is 5.88 Å². The molecule has 2 aromatic rings. The van der Waals surface area contributed by atoms with Crippen molar-refractivity contribution in [2.45, 2.75) is 64.6 Å². The Labute approximate surface area is 173 Å². The van der Waals surface area contributed by atoms with E-state index in [4.69, 9.17) is 4.74 Å². The van der Waals surface area contributed by atoms with Crippen LogP contribution in [0.5, 0.6) is 5.88 Å². The summed E-state index contributed by atoms with van der Waals surface area (Å²) < 4.78 is 5.53. The van der Waals surface area contributed by atoms with Gasteiger partial charge in [-0.05, 0) is 62.3 Å². The summed E-state index contributed by atoms with van der Waals surface area (Å²) in [5, 5.41) is 3.01. The lowest BCUT2D eigenvalue weighted by atomic mass is 9.91. The Balaban J connectivity index is 1.33. The van der Waals surface area contributed by atoms with Gasteiger partial charge in [-0.25, -0.2) is 4.98 Å². The van der Waals surface area contributed by atoms with Crippen LogP contribution in [0.25, 0.3) is 0 Å². The number of benzene rings is 1. The normalized spacial score (nSPS) is 17.3. The average Bonchev–Trinajstić information content (AvgIpc) is 2.87. The Morgan fingerprint density at radius 3 is 2.62 bits per heavy atom. The zero-order valence-electron chi connectivity index (χ0n) is 17.5. The zero-order chi connectivity index (χ0) is 20.2. The molecule has 1 aliphatic carbocycles. The van der Waals surface area contributed by atoms with E-state index in [-0.39, 0.29) is 12.0 Å². The monoisotopic (exact) mass is 393 g/mol. The van der Waals surface area contributed by atoms with Gasteiger partial charge in [0.2, 0.25) is 5.88 Å². The van der Waals surface area contributed by atoms with E-state index in [1.54, 1.807) is 18.3 Å². The van der Waals surface area contributed by atoms with Crippen LogP contribution in [0.4, 0.5) is 0 Å². The molecule has 5 heteroatoms. The Bertz CT molecular complexity index is 844. The summed E-state index contributed by atoms with van der Waals surface area (Å²) in [6.07, 6.45) is 8.00. The predicted molar refractivity (Wildman–Crippen MR) is 114 cm³/mol.